The fraction of sp³-hybridized carbons (Fsp3) is 0.462. The van der Waals surface area contributed by atoms with Crippen LogP contribution in [0.4, 0.5) is 11.4 Å². The van der Waals surface area contributed by atoms with Gasteiger partial charge in [-0.25, -0.2) is 0 Å². The zero-order valence-corrected chi connectivity index (χ0v) is 12.5. The predicted molar refractivity (Wildman–Crippen MR) is 78.0 cm³/mol. The Bertz CT molecular complexity index is 410. The summed E-state index contributed by atoms with van der Waals surface area (Å²) >= 11 is 3.40. The van der Waals surface area contributed by atoms with Crippen LogP contribution in [0.2, 0.25) is 0 Å². The smallest absolute Gasteiger partial charge is 0.227 e. The van der Waals surface area contributed by atoms with E-state index in [9.17, 15) is 4.79 Å². The number of hydrogen-bond donors (Lipinski definition) is 2. The van der Waals surface area contributed by atoms with Crippen LogP contribution in [0, 0.1) is 0 Å². The van der Waals surface area contributed by atoms with Crippen molar-refractivity contribution in [2.75, 3.05) is 24.3 Å². The summed E-state index contributed by atoms with van der Waals surface area (Å²) in [5.41, 5.74) is 1.69. The van der Waals surface area contributed by atoms with Gasteiger partial charge in [-0.1, -0.05) is 15.9 Å². The number of amides is 1. The molecule has 1 amide bonds. The molecule has 1 rings (SSSR count). The maximum absolute atomic E-state index is 11.8. The van der Waals surface area contributed by atoms with Crippen molar-refractivity contribution in [3.05, 3.63) is 22.7 Å². The van der Waals surface area contributed by atoms with Gasteiger partial charge >= 0.3 is 0 Å². The van der Waals surface area contributed by atoms with E-state index in [1.165, 1.54) is 0 Å². The van der Waals surface area contributed by atoms with Crippen LogP contribution in [0.25, 0.3) is 0 Å². The topological polar surface area (TPSA) is 50.4 Å². The van der Waals surface area contributed by atoms with Gasteiger partial charge in [0.2, 0.25) is 5.91 Å². The third kappa shape index (κ3) is 4.66. The molecule has 0 fully saturated rings. The van der Waals surface area contributed by atoms with Gasteiger partial charge in [-0.3, -0.25) is 4.79 Å². The van der Waals surface area contributed by atoms with Crippen molar-refractivity contribution in [1.29, 1.82) is 0 Å². The molecule has 1 aromatic rings. The molecule has 0 aromatic heterocycles. The number of benzene rings is 1. The van der Waals surface area contributed by atoms with Crippen molar-refractivity contribution in [1.82, 2.24) is 0 Å². The highest BCUT2D eigenvalue weighted by molar-refractivity contribution is 9.10. The lowest BCUT2D eigenvalue weighted by Gasteiger charge is -2.14. The minimum Gasteiger partial charge on any atom is -0.384 e. The lowest BCUT2D eigenvalue weighted by atomic mass is 10.2. The normalized spacial score (nSPS) is 12.0. The summed E-state index contributed by atoms with van der Waals surface area (Å²) in [7, 11) is 1.60. The number of ether oxygens (including phenoxy) is 1. The lowest BCUT2D eigenvalue weighted by Crippen LogP contribution is -2.19. The summed E-state index contributed by atoms with van der Waals surface area (Å²) < 4.78 is 6.00. The number of carbonyl (C=O) groups is 1. The number of anilines is 2. The second-order valence-corrected chi connectivity index (χ2v) is 4.93. The molecule has 0 saturated carbocycles. The molecule has 0 aliphatic carbocycles. The summed E-state index contributed by atoms with van der Waals surface area (Å²) in [5.74, 6) is -0.0541. The van der Waals surface area contributed by atoms with Crippen molar-refractivity contribution in [2.24, 2.45) is 0 Å². The molecule has 0 aliphatic heterocycles. The minimum absolute atomic E-state index is 0.0541. The van der Waals surface area contributed by atoms with Crippen LogP contribution in [0.1, 0.15) is 20.3 Å². The highest BCUT2D eigenvalue weighted by Crippen LogP contribution is 2.26. The molecule has 1 atom stereocenters. The van der Waals surface area contributed by atoms with E-state index in [1.807, 2.05) is 32.0 Å². The molecular weight excluding hydrogens is 296 g/mol. The van der Waals surface area contributed by atoms with Gasteiger partial charge < -0.3 is 15.4 Å². The van der Waals surface area contributed by atoms with Crippen LogP contribution in [0.15, 0.2) is 22.7 Å². The summed E-state index contributed by atoms with van der Waals surface area (Å²) in [4.78, 5) is 11.8. The van der Waals surface area contributed by atoms with E-state index in [0.29, 0.717) is 6.42 Å². The van der Waals surface area contributed by atoms with Crippen molar-refractivity contribution < 1.29 is 9.53 Å². The van der Waals surface area contributed by atoms with E-state index in [-0.39, 0.29) is 12.0 Å². The van der Waals surface area contributed by atoms with Gasteiger partial charge in [0.1, 0.15) is 0 Å². The van der Waals surface area contributed by atoms with Crippen LogP contribution in [-0.2, 0) is 9.53 Å². The van der Waals surface area contributed by atoms with Gasteiger partial charge in [0.05, 0.1) is 23.9 Å². The van der Waals surface area contributed by atoms with Crippen molar-refractivity contribution in [2.45, 2.75) is 26.4 Å². The first kappa shape index (κ1) is 15.0. The van der Waals surface area contributed by atoms with Gasteiger partial charge in [-0.15, -0.1) is 0 Å². The van der Waals surface area contributed by atoms with Crippen LogP contribution < -0.4 is 10.6 Å². The minimum atomic E-state index is -0.0836. The first-order valence-corrected chi connectivity index (χ1v) is 6.72. The zero-order chi connectivity index (χ0) is 13.5. The molecule has 0 saturated heterocycles. The molecule has 4 nitrogen and oxygen atoms in total. The van der Waals surface area contributed by atoms with Crippen molar-refractivity contribution in [3.8, 4) is 0 Å². The van der Waals surface area contributed by atoms with Crippen LogP contribution >= 0.6 is 15.9 Å². The highest BCUT2D eigenvalue weighted by atomic mass is 79.9. The molecular formula is C13H19BrN2O2. The largest absolute Gasteiger partial charge is 0.384 e. The van der Waals surface area contributed by atoms with Crippen LogP contribution in [-0.4, -0.2) is 25.7 Å². The van der Waals surface area contributed by atoms with Crippen LogP contribution in [0.5, 0.6) is 0 Å². The molecule has 0 unspecified atom stereocenters. The maximum atomic E-state index is 11.8. The molecule has 1 aromatic carbocycles. The Morgan fingerprint density at radius 3 is 2.78 bits per heavy atom. The van der Waals surface area contributed by atoms with E-state index >= 15 is 0 Å². The third-order valence-electron chi connectivity index (χ3n) is 2.50. The van der Waals surface area contributed by atoms with E-state index in [4.69, 9.17) is 4.74 Å². The second kappa shape index (κ2) is 7.38. The SMILES string of the molecule is CCNc1ccc(Br)cc1NC(=O)C[C@H](C)OC. The fourth-order valence-electron chi connectivity index (χ4n) is 1.51. The monoisotopic (exact) mass is 314 g/mol. The molecule has 0 heterocycles. The fourth-order valence-corrected chi connectivity index (χ4v) is 1.87. The van der Waals surface area contributed by atoms with Gasteiger partial charge in [-0.2, -0.15) is 0 Å². The first-order chi connectivity index (χ1) is 8.56. The van der Waals surface area contributed by atoms with Gasteiger partial charge in [0, 0.05) is 18.1 Å². The number of nitrogens with one attached hydrogen (secondary N) is 2. The summed E-state index contributed by atoms with van der Waals surface area (Å²) in [5, 5.41) is 6.10. The number of hydrogen-bond acceptors (Lipinski definition) is 3. The van der Waals surface area contributed by atoms with Crippen molar-refractivity contribution >= 4 is 33.2 Å². The van der Waals surface area contributed by atoms with E-state index in [2.05, 4.69) is 26.6 Å². The molecule has 100 valence electrons. The Kier molecular flexibility index (Phi) is 6.15. The second-order valence-electron chi connectivity index (χ2n) is 4.02. The Hall–Kier alpha value is -1.07. The lowest BCUT2D eigenvalue weighted by molar-refractivity contribution is -0.118. The molecule has 0 aliphatic rings. The number of carbonyl (C=O) groups excluding carboxylic acids is 1. The molecule has 5 heteroatoms. The molecule has 18 heavy (non-hydrogen) atoms. The standard InChI is InChI=1S/C13H19BrN2O2/c1-4-15-11-6-5-10(14)8-12(11)16-13(17)7-9(2)18-3/h5-6,8-9,15H,4,7H2,1-3H3,(H,16,17)/t9-/m0/s1. The predicted octanol–water partition coefficient (Wildman–Crippen LogP) is 3.24. The number of rotatable bonds is 6. The zero-order valence-electron chi connectivity index (χ0n) is 10.9. The average Bonchev–Trinajstić information content (AvgIpc) is 2.32. The molecule has 2 N–H and O–H groups in total. The van der Waals surface area contributed by atoms with Gasteiger partial charge in [0.25, 0.3) is 0 Å². The van der Waals surface area contributed by atoms with Gasteiger partial charge in [0.15, 0.2) is 0 Å². The van der Waals surface area contributed by atoms with E-state index in [0.717, 1.165) is 22.4 Å². The Labute approximate surface area is 116 Å². The summed E-state index contributed by atoms with van der Waals surface area (Å²) in [6.45, 7) is 4.69. The molecule has 0 bridgehead atoms. The third-order valence-corrected chi connectivity index (χ3v) is 2.99. The number of halogens is 1. The van der Waals surface area contributed by atoms with E-state index in [1.54, 1.807) is 7.11 Å². The maximum Gasteiger partial charge on any atom is 0.227 e. The molecule has 0 radical (unpaired) electrons. The summed E-state index contributed by atoms with van der Waals surface area (Å²) in [6, 6.07) is 5.75. The Morgan fingerprint density at radius 2 is 2.17 bits per heavy atom. The Balaban J connectivity index is 2.75. The highest BCUT2D eigenvalue weighted by Gasteiger charge is 2.10. The Morgan fingerprint density at radius 1 is 1.44 bits per heavy atom. The van der Waals surface area contributed by atoms with E-state index < -0.39 is 0 Å². The first-order valence-electron chi connectivity index (χ1n) is 5.92. The van der Waals surface area contributed by atoms with Crippen molar-refractivity contribution in [3.63, 3.8) is 0 Å². The quantitative estimate of drug-likeness (QED) is 0.847. The van der Waals surface area contributed by atoms with Crippen LogP contribution in [0.3, 0.4) is 0 Å². The van der Waals surface area contributed by atoms with Gasteiger partial charge in [-0.05, 0) is 32.0 Å². The summed E-state index contributed by atoms with van der Waals surface area (Å²) in [6.07, 6.45) is 0.258. The average molecular weight is 315 g/mol. The number of methoxy groups -OCH3 is 1. The molecule has 0 spiro atoms.